The molecule has 21 heavy (non-hydrogen) atoms. The van der Waals surface area contributed by atoms with Crippen molar-refractivity contribution in [3.05, 3.63) is 64.5 Å². The van der Waals surface area contributed by atoms with Crippen LogP contribution in [0, 0.1) is 17.5 Å². The van der Waals surface area contributed by atoms with Crippen LogP contribution in [0.15, 0.2) is 30.3 Å². The zero-order valence-corrected chi connectivity index (χ0v) is 12.6. The van der Waals surface area contributed by atoms with Crippen molar-refractivity contribution in [2.45, 2.75) is 17.7 Å². The zero-order chi connectivity index (χ0) is 15.0. The molecule has 0 N–H and O–H groups in total. The second-order valence-corrected chi connectivity index (χ2v) is 5.90. The minimum atomic E-state index is -1.45. The minimum Gasteiger partial charge on any atom is -0.493 e. The summed E-state index contributed by atoms with van der Waals surface area (Å²) < 4.78 is 45.2. The van der Waals surface area contributed by atoms with Gasteiger partial charge in [-0.1, -0.05) is 28.1 Å². The Balaban J connectivity index is 1.96. The van der Waals surface area contributed by atoms with Crippen LogP contribution >= 0.6 is 15.9 Å². The van der Waals surface area contributed by atoms with Gasteiger partial charge in [0.05, 0.1) is 11.4 Å². The van der Waals surface area contributed by atoms with E-state index in [1.807, 2.05) is 18.2 Å². The van der Waals surface area contributed by atoms with E-state index in [1.165, 1.54) is 0 Å². The highest BCUT2D eigenvalue weighted by Gasteiger charge is 2.19. The van der Waals surface area contributed by atoms with Gasteiger partial charge in [0.25, 0.3) is 0 Å². The predicted octanol–water partition coefficient (Wildman–Crippen LogP) is 4.91. The maximum Gasteiger partial charge on any atom is 0.194 e. The fourth-order valence-electron chi connectivity index (χ4n) is 2.45. The SMILES string of the molecule is Fc1cc(C(Br)c2ccc3c(c2)CCCO3)cc(F)c1F. The van der Waals surface area contributed by atoms with E-state index in [1.54, 1.807) is 0 Å². The van der Waals surface area contributed by atoms with E-state index >= 15 is 0 Å². The zero-order valence-electron chi connectivity index (χ0n) is 11.0. The van der Waals surface area contributed by atoms with E-state index in [-0.39, 0.29) is 0 Å². The highest BCUT2D eigenvalue weighted by Crippen LogP contribution is 2.35. The molecule has 0 aromatic heterocycles. The number of halogens is 4. The number of aryl methyl sites for hydroxylation is 1. The monoisotopic (exact) mass is 356 g/mol. The summed E-state index contributed by atoms with van der Waals surface area (Å²) in [4.78, 5) is -0.408. The summed E-state index contributed by atoms with van der Waals surface area (Å²) in [6, 6.07) is 7.66. The van der Waals surface area contributed by atoms with E-state index in [4.69, 9.17) is 4.74 Å². The summed E-state index contributed by atoms with van der Waals surface area (Å²) in [7, 11) is 0. The number of benzene rings is 2. The van der Waals surface area contributed by atoms with Crippen molar-refractivity contribution in [2.24, 2.45) is 0 Å². The fourth-order valence-corrected chi connectivity index (χ4v) is 3.00. The van der Waals surface area contributed by atoms with Crippen molar-refractivity contribution in [3.63, 3.8) is 0 Å². The number of alkyl halides is 1. The molecule has 2 aromatic rings. The quantitative estimate of drug-likeness (QED) is 0.548. The van der Waals surface area contributed by atoms with Crippen LogP contribution in [0.5, 0.6) is 5.75 Å². The molecule has 1 atom stereocenters. The molecule has 0 radical (unpaired) electrons. The Kier molecular flexibility index (Phi) is 3.93. The summed E-state index contributed by atoms with van der Waals surface area (Å²) in [5, 5.41) is 0. The highest BCUT2D eigenvalue weighted by molar-refractivity contribution is 9.09. The molecule has 0 fully saturated rings. The van der Waals surface area contributed by atoms with E-state index < -0.39 is 22.3 Å². The van der Waals surface area contributed by atoms with Gasteiger partial charge in [0.15, 0.2) is 17.5 Å². The lowest BCUT2D eigenvalue weighted by Crippen LogP contribution is -2.09. The Morgan fingerprint density at radius 1 is 1.00 bits per heavy atom. The number of ether oxygens (including phenoxy) is 1. The third-order valence-corrected chi connectivity index (χ3v) is 4.58. The Morgan fingerprint density at radius 2 is 1.71 bits per heavy atom. The average Bonchev–Trinajstić information content (AvgIpc) is 2.51. The van der Waals surface area contributed by atoms with Crippen molar-refractivity contribution < 1.29 is 17.9 Å². The summed E-state index contributed by atoms with van der Waals surface area (Å²) >= 11 is 3.42. The molecule has 1 nitrogen and oxygen atoms in total. The van der Waals surface area contributed by atoms with Gasteiger partial charge in [-0.2, -0.15) is 0 Å². The lowest BCUT2D eigenvalue weighted by molar-refractivity contribution is 0.288. The lowest BCUT2D eigenvalue weighted by Gasteiger charge is -2.19. The molecule has 1 aliphatic heterocycles. The first-order chi connectivity index (χ1) is 10.1. The Labute approximate surface area is 128 Å². The summed E-state index contributed by atoms with van der Waals surface area (Å²) in [6.45, 7) is 0.707. The van der Waals surface area contributed by atoms with Crippen molar-refractivity contribution in [1.82, 2.24) is 0 Å². The summed E-state index contributed by atoms with van der Waals surface area (Å²) in [5.74, 6) is -2.97. The van der Waals surface area contributed by atoms with Crippen molar-refractivity contribution in [3.8, 4) is 5.75 Å². The predicted molar refractivity (Wildman–Crippen MR) is 77.3 cm³/mol. The molecule has 0 bridgehead atoms. The normalized spacial score (nSPS) is 15.2. The third-order valence-electron chi connectivity index (χ3n) is 3.52. The van der Waals surface area contributed by atoms with Crippen molar-refractivity contribution >= 4 is 15.9 Å². The second-order valence-electron chi connectivity index (χ2n) is 4.98. The molecule has 0 saturated carbocycles. The molecule has 0 amide bonds. The maximum absolute atomic E-state index is 13.3. The Morgan fingerprint density at radius 3 is 2.43 bits per heavy atom. The number of fused-ring (bicyclic) bond motifs is 1. The highest BCUT2D eigenvalue weighted by atomic mass is 79.9. The van der Waals surface area contributed by atoms with Crippen LogP contribution in [-0.4, -0.2) is 6.61 Å². The molecule has 1 unspecified atom stereocenters. The van der Waals surface area contributed by atoms with Gasteiger partial charge in [-0.3, -0.25) is 0 Å². The summed E-state index contributed by atoms with van der Waals surface area (Å²) in [6.07, 6.45) is 1.86. The van der Waals surface area contributed by atoms with Gasteiger partial charge in [-0.15, -0.1) is 0 Å². The molecule has 0 spiro atoms. The van der Waals surface area contributed by atoms with Gasteiger partial charge in [0, 0.05) is 0 Å². The largest absolute Gasteiger partial charge is 0.493 e. The van der Waals surface area contributed by atoms with Crippen LogP contribution in [0.3, 0.4) is 0 Å². The molecule has 0 saturated heterocycles. The average molecular weight is 357 g/mol. The number of hydrogen-bond donors (Lipinski definition) is 0. The molecule has 5 heteroatoms. The molecule has 2 aromatic carbocycles. The maximum atomic E-state index is 13.3. The molecule has 110 valence electrons. The van der Waals surface area contributed by atoms with Gasteiger partial charge < -0.3 is 4.74 Å². The number of rotatable bonds is 2. The summed E-state index contributed by atoms with van der Waals surface area (Å²) in [5.41, 5.74) is 2.26. The van der Waals surface area contributed by atoms with Crippen LogP contribution in [0.1, 0.15) is 27.9 Å². The molecular formula is C16H12BrF3O. The first kappa shape index (κ1) is 14.4. The molecule has 0 aliphatic carbocycles. The van der Waals surface area contributed by atoms with E-state index in [9.17, 15) is 13.2 Å². The second kappa shape index (κ2) is 5.72. The Hall–Kier alpha value is -1.49. The van der Waals surface area contributed by atoms with Crippen LogP contribution < -0.4 is 4.74 Å². The topological polar surface area (TPSA) is 9.23 Å². The van der Waals surface area contributed by atoms with Crippen molar-refractivity contribution in [2.75, 3.05) is 6.61 Å². The smallest absolute Gasteiger partial charge is 0.194 e. The van der Waals surface area contributed by atoms with Gasteiger partial charge in [0.2, 0.25) is 0 Å². The van der Waals surface area contributed by atoms with E-state index in [0.717, 1.165) is 41.9 Å². The molecule has 3 rings (SSSR count). The van der Waals surface area contributed by atoms with Crippen LogP contribution in [0.4, 0.5) is 13.2 Å². The van der Waals surface area contributed by atoms with Crippen LogP contribution in [0.25, 0.3) is 0 Å². The number of hydrogen-bond acceptors (Lipinski definition) is 1. The van der Waals surface area contributed by atoms with Gasteiger partial charge in [0.1, 0.15) is 5.75 Å². The van der Waals surface area contributed by atoms with Gasteiger partial charge >= 0.3 is 0 Å². The fraction of sp³-hybridized carbons (Fsp3) is 0.250. The van der Waals surface area contributed by atoms with E-state index in [0.29, 0.717) is 12.2 Å². The van der Waals surface area contributed by atoms with Gasteiger partial charge in [-0.05, 0) is 47.7 Å². The van der Waals surface area contributed by atoms with Gasteiger partial charge in [-0.25, -0.2) is 13.2 Å². The van der Waals surface area contributed by atoms with Crippen molar-refractivity contribution in [1.29, 1.82) is 0 Å². The molecular weight excluding hydrogens is 345 g/mol. The van der Waals surface area contributed by atoms with Crippen LogP contribution in [0.2, 0.25) is 0 Å². The van der Waals surface area contributed by atoms with E-state index in [2.05, 4.69) is 15.9 Å². The standard InChI is InChI=1S/C16H12BrF3O/c17-15(11-7-12(18)16(20)13(19)8-11)10-3-4-14-9(6-10)2-1-5-21-14/h3-4,6-8,15H,1-2,5H2. The van der Waals surface area contributed by atoms with Crippen LogP contribution in [-0.2, 0) is 6.42 Å². The molecule has 1 heterocycles. The molecule has 1 aliphatic rings. The first-order valence-electron chi connectivity index (χ1n) is 6.60. The Bertz CT molecular complexity index is 664. The third kappa shape index (κ3) is 2.79. The minimum absolute atomic E-state index is 0.336. The lowest BCUT2D eigenvalue weighted by atomic mass is 9.99. The first-order valence-corrected chi connectivity index (χ1v) is 7.52.